The number of rotatable bonds is 6. The lowest BCUT2D eigenvalue weighted by molar-refractivity contribution is -0.125. The van der Waals surface area contributed by atoms with Gasteiger partial charge in [0.25, 0.3) is 0 Å². The first-order valence-corrected chi connectivity index (χ1v) is 7.28. The summed E-state index contributed by atoms with van der Waals surface area (Å²) in [4.78, 5) is 27.7. The van der Waals surface area contributed by atoms with Crippen molar-refractivity contribution in [2.45, 2.75) is 25.8 Å². The van der Waals surface area contributed by atoms with Crippen molar-refractivity contribution in [3.05, 3.63) is 36.5 Å². The molecule has 2 rings (SSSR count). The van der Waals surface area contributed by atoms with Crippen LogP contribution in [-0.4, -0.2) is 29.4 Å². The van der Waals surface area contributed by atoms with E-state index in [4.69, 9.17) is 5.73 Å². The van der Waals surface area contributed by atoms with Crippen molar-refractivity contribution in [3.63, 3.8) is 0 Å². The van der Waals surface area contributed by atoms with Crippen molar-refractivity contribution in [2.24, 2.45) is 5.73 Å². The van der Waals surface area contributed by atoms with Gasteiger partial charge in [0.05, 0.1) is 30.0 Å². The molecule has 1 unspecified atom stereocenters. The molecular weight excluding hydrogens is 280 g/mol. The second-order valence-corrected chi connectivity index (χ2v) is 5.08. The maximum atomic E-state index is 11.8. The summed E-state index contributed by atoms with van der Waals surface area (Å²) in [5.74, 6) is -0.622. The molecule has 1 aromatic carbocycles. The molecule has 4 N–H and O–H groups in total. The molecule has 0 aliphatic rings. The van der Waals surface area contributed by atoms with E-state index in [2.05, 4.69) is 15.6 Å². The molecule has 6 heteroatoms. The van der Waals surface area contributed by atoms with Crippen LogP contribution in [0.25, 0.3) is 10.9 Å². The maximum absolute atomic E-state index is 11.8. The molecule has 2 aromatic rings. The third-order valence-corrected chi connectivity index (χ3v) is 3.23. The average molecular weight is 300 g/mol. The Labute approximate surface area is 129 Å². The van der Waals surface area contributed by atoms with Crippen LogP contribution in [0, 0.1) is 0 Å². The second kappa shape index (κ2) is 7.51. The highest BCUT2D eigenvalue weighted by molar-refractivity contribution is 5.96. The molecule has 1 aromatic heterocycles. The zero-order valence-electron chi connectivity index (χ0n) is 12.5. The van der Waals surface area contributed by atoms with Crippen LogP contribution in [0.5, 0.6) is 0 Å². The molecule has 1 heterocycles. The summed E-state index contributed by atoms with van der Waals surface area (Å²) in [7, 11) is 0. The van der Waals surface area contributed by atoms with E-state index >= 15 is 0 Å². The van der Waals surface area contributed by atoms with E-state index in [1.807, 2.05) is 37.3 Å². The summed E-state index contributed by atoms with van der Waals surface area (Å²) in [5.41, 5.74) is 7.13. The Bertz CT molecular complexity index is 672. The van der Waals surface area contributed by atoms with E-state index in [0.717, 1.165) is 17.3 Å². The molecule has 0 saturated carbocycles. The summed E-state index contributed by atoms with van der Waals surface area (Å²) in [5, 5.41) is 6.17. The number of para-hydroxylation sites is 1. The number of nitrogens with zero attached hydrogens (tertiary/aromatic N) is 1. The fourth-order valence-corrected chi connectivity index (χ4v) is 2.09. The van der Waals surface area contributed by atoms with Crippen LogP contribution >= 0.6 is 0 Å². The van der Waals surface area contributed by atoms with Gasteiger partial charge in [0.1, 0.15) is 0 Å². The van der Waals surface area contributed by atoms with Gasteiger partial charge in [-0.2, -0.15) is 0 Å². The first kappa shape index (κ1) is 15.9. The number of nitrogens with two attached hydrogens (primary N) is 1. The van der Waals surface area contributed by atoms with Gasteiger partial charge in [-0.05, 0) is 18.6 Å². The van der Waals surface area contributed by atoms with E-state index in [1.54, 1.807) is 6.20 Å². The van der Waals surface area contributed by atoms with Crippen molar-refractivity contribution >= 4 is 28.4 Å². The third-order valence-electron chi connectivity index (χ3n) is 3.23. The molecule has 0 fully saturated rings. The summed E-state index contributed by atoms with van der Waals surface area (Å²) in [6.07, 6.45) is 3.01. The fourth-order valence-electron chi connectivity index (χ4n) is 2.09. The lowest BCUT2D eigenvalue weighted by atomic mass is 10.2. The predicted octanol–water partition coefficient (Wildman–Crippen LogP) is 1.42. The first-order valence-electron chi connectivity index (χ1n) is 7.28. The fraction of sp³-hybridized carbons (Fsp3) is 0.312. The van der Waals surface area contributed by atoms with Crippen LogP contribution in [0.1, 0.15) is 19.8 Å². The molecule has 6 nitrogen and oxygen atoms in total. The van der Waals surface area contributed by atoms with Crippen LogP contribution in [0.2, 0.25) is 0 Å². The van der Waals surface area contributed by atoms with E-state index < -0.39 is 6.04 Å². The molecule has 1 atom stereocenters. The number of hydrogen-bond donors (Lipinski definition) is 3. The van der Waals surface area contributed by atoms with Gasteiger partial charge in [-0.3, -0.25) is 14.6 Å². The molecule has 116 valence electrons. The normalized spacial score (nSPS) is 11.9. The Balaban J connectivity index is 1.89. The summed E-state index contributed by atoms with van der Waals surface area (Å²) in [6.45, 7) is 1.84. The second-order valence-electron chi connectivity index (χ2n) is 5.08. The highest BCUT2D eigenvalue weighted by Gasteiger charge is 2.13. The minimum atomic E-state index is -0.569. The Morgan fingerprint density at radius 2 is 2.09 bits per heavy atom. The number of carbonyl (C=O) groups excluding carboxylic acids is 2. The van der Waals surface area contributed by atoms with Crippen LogP contribution in [0.3, 0.4) is 0 Å². The van der Waals surface area contributed by atoms with Crippen molar-refractivity contribution in [1.82, 2.24) is 10.3 Å². The minimum Gasteiger partial charge on any atom is -0.346 e. The van der Waals surface area contributed by atoms with Gasteiger partial charge in [-0.25, -0.2) is 0 Å². The molecule has 0 aliphatic heterocycles. The monoisotopic (exact) mass is 300 g/mol. The van der Waals surface area contributed by atoms with Gasteiger partial charge in [-0.15, -0.1) is 0 Å². The number of carbonyl (C=O) groups is 2. The summed E-state index contributed by atoms with van der Waals surface area (Å²) < 4.78 is 0. The van der Waals surface area contributed by atoms with Crippen LogP contribution in [0.15, 0.2) is 36.5 Å². The Hall–Kier alpha value is -2.47. The van der Waals surface area contributed by atoms with Crippen LogP contribution in [0.4, 0.5) is 5.69 Å². The predicted molar refractivity (Wildman–Crippen MR) is 86.3 cm³/mol. The number of nitrogens with one attached hydrogen (secondary N) is 2. The third kappa shape index (κ3) is 4.26. The molecule has 0 spiro atoms. The van der Waals surface area contributed by atoms with E-state index in [9.17, 15) is 9.59 Å². The highest BCUT2D eigenvalue weighted by Crippen LogP contribution is 2.15. The quantitative estimate of drug-likeness (QED) is 0.751. The molecule has 22 heavy (non-hydrogen) atoms. The molecule has 0 bridgehead atoms. The van der Waals surface area contributed by atoms with Crippen molar-refractivity contribution in [1.29, 1.82) is 0 Å². The number of hydrogen-bond acceptors (Lipinski definition) is 4. The van der Waals surface area contributed by atoms with Crippen LogP contribution < -0.4 is 16.4 Å². The summed E-state index contributed by atoms with van der Waals surface area (Å²) in [6, 6.07) is 8.90. The van der Waals surface area contributed by atoms with Crippen molar-refractivity contribution in [2.75, 3.05) is 11.9 Å². The highest BCUT2D eigenvalue weighted by atomic mass is 16.2. The molecule has 0 saturated heterocycles. The van der Waals surface area contributed by atoms with E-state index in [1.165, 1.54) is 0 Å². The lowest BCUT2D eigenvalue weighted by Gasteiger charge is -2.11. The first-order chi connectivity index (χ1) is 10.6. The van der Waals surface area contributed by atoms with Crippen LogP contribution in [-0.2, 0) is 9.59 Å². The summed E-state index contributed by atoms with van der Waals surface area (Å²) >= 11 is 0. The Kier molecular flexibility index (Phi) is 5.43. The number of anilines is 1. The number of fused-ring (bicyclic) bond motifs is 1. The maximum Gasteiger partial charge on any atom is 0.243 e. The molecular formula is C16H20N4O2. The van der Waals surface area contributed by atoms with E-state index in [-0.39, 0.29) is 18.4 Å². The van der Waals surface area contributed by atoms with Gasteiger partial charge >= 0.3 is 0 Å². The van der Waals surface area contributed by atoms with Crippen molar-refractivity contribution < 1.29 is 9.59 Å². The molecule has 2 amide bonds. The van der Waals surface area contributed by atoms with Crippen molar-refractivity contribution in [3.8, 4) is 0 Å². The smallest absolute Gasteiger partial charge is 0.243 e. The van der Waals surface area contributed by atoms with Gasteiger partial charge in [0, 0.05) is 5.39 Å². The Morgan fingerprint density at radius 1 is 1.32 bits per heavy atom. The van der Waals surface area contributed by atoms with Gasteiger partial charge in [-0.1, -0.05) is 31.5 Å². The van der Waals surface area contributed by atoms with Gasteiger partial charge in [0.2, 0.25) is 11.8 Å². The Morgan fingerprint density at radius 3 is 2.86 bits per heavy atom. The number of amides is 2. The lowest BCUT2D eigenvalue weighted by Crippen LogP contribution is -2.43. The average Bonchev–Trinajstić information content (AvgIpc) is 2.52. The topological polar surface area (TPSA) is 97.1 Å². The van der Waals surface area contributed by atoms with Gasteiger partial charge in [0.15, 0.2) is 0 Å². The molecule has 0 aliphatic carbocycles. The molecule has 0 radical (unpaired) electrons. The minimum absolute atomic E-state index is 0.108. The zero-order chi connectivity index (χ0) is 15.9. The van der Waals surface area contributed by atoms with E-state index in [0.29, 0.717) is 12.1 Å². The zero-order valence-corrected chi connectivity index (χ0v) is 12.5. The number of aromatic nitrogens is 1. The number of pyridine rings is 1. The number of benzene rings is 1. The SMILES string of the molecule is CCCC(N)C(=O)NCC(=O)Nc1cnc2ccccc2c1. The van der Waals surface area contributed by atoms with Gasteiger partial charge < -0.3 is 16.4 Å². The largest absolute Gasteiger partial charge is 0.346 e. The standard InChI is InChI=1S/C16H20N4O2/c1-2-5-13(17)16(22)19-10-15(21)20-12-8-11-6-3-4-7-14(11)18-9-12/h3-4,6-9,13H,2,5,10,17H2,1H3,(H,19,22)(H,20,21).